The van der Waals surface area contributed by atoms with Crippen molar-refractivity contribution >= 4 is 10.1 Å². The fraction of sp³-hybridized carbons (Fsp3) is 1.00. The summed E-state index contributed by atoms with van der Waals surface area (Å²) in [5.41, 5.74) is -2.34. The molecule has 0 fully saturated rings. The van der Waals surface area contributed by atoms with Crippen molar-refractivity contribution in [3.05, 3.63) is 0 Å². The molecule has 3 N–H and O–H groups in total. The molecule has 16 heavy (non-hydrogen) atoms. The number of aliphatic hydroxyl groups excluding tert-OH is 3. The SMILES string of the molecule is CC(C)CC(CO)N(CO)C(O)S(=O)(=O)[O-]. The van der Waals surface area contributed by atoms with E-state index >= 15 is 0 Å². The second-order valence-corrected chi connectivity index (χ2v) is 5.35. The first kappa shape index (κ1) is 15.8. The third-order valence-corrected chi connectivity index (χ3v) is 2.92. The molecular weight excluding hydrogens is 238 g/mol. The molecule has 98 valence electrons. The topological polar surface area (TPSA) is 121 Å². The van der Waals surface area contributed by atoms with Gasteiger partial charge in [0.1, 0.15) is 10.1 Å². The monoisotopic (exact) mass is 256 g/mol. The van der Waals surface area contributed by atoms with Crippen molar-refractivity contribution in [3.8, 4) is 0 Å². The molecule has 0 aromatic heterocycles. The summed E-state index contributed by atoms with van der Waals surface area (Å²) >= 11 is 0. The van der Waals surface area contributed by atoms with Crippen LogP contribution in [0.3, 0.4) is 0 Å². The summed E-state index contributed by atoms with van der Waals surface area (Å²) in [6, 6.07) is -0.774. The van der Waals surface area contributed by atoms with E-state index in [1.54, 1.807) is 0 Å². The predicted octanol–water partition coefficient (Wildman–Crippen LogP) is -1.53. The number of nitrogens with zero attached hydrogens (tertiary/aromatic N) is 1. The van der Waals surface area contributed by atoms with E-state index in [0.717, 1.165) is 0 Å². The van der Waals surface area contributed by atoms with E-state index in [2.05, 4.69) is 0 Å². The van der Waals surface area contributed by atoms with Crippen LogP contribution in [0.4, 0.5) is 0 Å². The standard InChI is InChI=1S/C8H19NO6S/c1-6(2)3-7(4-10)9(5-11)8(12)16(13,14)15/h6-8,10-12H,3-5H2,1-2H3,(H,13,14,15)/p-1. The number of hydrogen-bond acceptors (Lipinski definition) is 7. The maximum absolute atomic E-state index is 10.6. The Morgan fingerprint density at radius 2 is 1.81 bits per heavy atom. The first-order chi connectivity index (χ1) is 7.23. The van der Waals surface area contributed by atoms with Gasteiger partial charge in [0.25, 0.3) is 0 Å². The first-order valence-electron chi connectivity index (χ1n) is 4.84. The molecule has 2 atom stereocenters. The molecule has 2 unspecified atom stereocenters. The highest BCUT2D eigenvalue weighted by Crippen LogP contribution is 2.15. The molecule has 0 radical (unpaired) electrons. The van der Waals surface area contributed by atoms with E-state index in [9.17, 15) is 18.1 Å². The van der Waals surface area contributed by atoms with Crippen LogP contribution >= 0.6 is 0 Å². The molecule has 7 nitrogen and oxygen atoms in total. The maximum Gasteiger partial charge on any atom is 0.202 e. The van der Waals surface area contributed by atoms with Gasteiger partial charge in [0, 0.05) is 6.04 Å². The van der Waals surface area contributed by atoms with Crippen LogP contribution in [-0.4, -0.2) is 58.1 Å². The van der Waals surface area contributed by atoms with Crippen molar-refractivity contribution in [2.75, 3.05) is 13.3 Å². The van der Waals surface area contributed by atoms with Crippen LogP contribution in [0.1, 0.15) is 20.3 Å². The minimum absolute atomic E-state index is 0.118. The largest absolute Gasteiger partial charge is 0.745 e. The summed E-state index contributed by atoms with van der Waals surface area (Å²) in [5, 5.41) is 27.2. The molecule has 0 saturated carbocycles. The van der Waals surface area contributed by atoms with Crippen molar-refractivity contribution < 1.29 is 28.3 Å². The van der Waals surface area contributed by atoms with Gasteiger partial charge in [-0.1, -0.05) is 13.8 Å². The van der Waals surface area contributed by atoms with Gasteiger partial charge in [0.05, 0.1) is 13.3 Å². The molecule has 0 amide bonds. The summed E-state index contributed by atoms with van der Waals surface area (Å²) in [5.74, 6) is 0.118. The van der Waals surface area contributed by atoms with E-state index < -0.39 is 35.1 Å². The third kappa shape index (κ3) is 4.73. The molecule has 0 aliphatic rings. The minimum Gasteiger partial charge on any atom is -0.745 e. The highest BCUT2D eigenvalue weighted by Gasteiger charge is 2.28. The zero-order valence-electron chi connectivity index (χ0n) is 9.28. The van der Waals surface area contributed by atoms with E-state index in [4.69, 9.17) is 10.2 Å². The first-order valence-corrected chi connectivity index (χ1v) is 6.31. The van der Waals surface area contributed by atoms with Gasteiger partial charge in [0.2, 0.25) is 5.56 Å². The molecule has 0 aliphatic carbocycles. The molecule has 0 saturated heterocycles. The fourth-order valence-corrected chi connectivity index (χ4v) is 1.96. The maximum atomic E-state index is 10.6. The van der Waals surface area contributed by atoms with Crippen molar-refractivity contribution in [1.82, 2.24) is 4.90 Å². The lowest BCUT2D eigenvalue weighted by atomic mass is 10.0. The van der Waals surface area contributed by atoms with Crippen LogP contribution < -0.4 is 0 Å². The minimum atomic E-state index is -4.94. The Hall–Kier alpha value is -0.250. The molecule has 0 bridgehead atoms. The summed E-state index contributed by atoms with van der Waals surface area (Å²) < 4.78 is 31.8. The van der Waals surface area contributed by atoms with Crippen molar-refractivity contribution in [1.29, 1.82) is 0 Å². The number of rotatable bonds is 7. The van der Waals surface area contributed by atoms with Crippen LogP contribution in [0.15, 0.2) is 0 Å². The average molecular weight is 256 g/mol. The van der Waals surface area contributed by atoms with Gasteiger partial charge in [-0.3, -0.25) is 0 Å². The van der Waals surface area contributed by atoms with Gasteiger partial charge in [-0.2, -0.15) is 0 Å². The summed E-state index contributed by atoms with van der Waals surface area (Å²) in [6.45, 7) is 2.39. The van der Waals surface area contributed by atoms with Crippen LogP contribution in [-0.2, 0) is 10.1 Å². The van der Waals surface area contributed by atoms with E-state index in [-0.39, 0.29) is 5.92 Å². The smallest absolute Gasteiger partial charge is 0.202 e. The lowest BCUT2D eigenvalue weighted by Gasteiger charge is -2.34. The van der Waals surface area contributed by atoms with Crippen LogP contribution in [0.5, 0.6) is 0 Å². The molecule has 0 aromatic rings. The van der Waals surface area contributed by atoms with Gasteiger partial charge in [0.15, 0.2) is 0 Å². The highest BCUT2D eigenvalue weighted by molar-refractivity contribution is 7.86. The molecule has 0 spiro atoms. The van der Waals surface area contributed by atoms with Gasteiger partial charge < -0.3 is 19.9 Å². The Kier molecular flexibility index (Phi) is 6.38. The Balaban J connectivity index is 4.81. The summed E-state index contributed by atoms with van der Waals surface area (Å²) in [7, 11) is -4.94. The van der Waals surface area contributed by atoms with Gasteiger partial charge in [-0.15, -0.1) is 0 Å². The van der Waals surface area contributed by atoms with E-state index in [0.29, 0.717) is 11.3 Å². The number of aliphatic hydroxyl groups is 3. The van der Waals surface area contributed by atoms with Gasteiger partial charge in [-0.25, -0.2) is 13.3 Å². The van der Waals surface area contributed by atoms with Crippen molar-refractivity contribution in [2.24, 2.45) is 5.92 Å². The summed E-state index contributed by atoms with van der Waals surface area (Å²) in [4.78, 5) is 0.655. The number of hydrogen-bond donors (Lipinski definition) is 3. The van der Waals surface area contributed by atoms with Gasteiger partial charge >= 0.3 is 0 Å². The lowest BCUT2D eigenvalue weighted by Crippen LogP contribution is -2.49. The predicted molar refractivity (Wildman–Crippen MR) is 55.0 cm³/mol. The quantitative estimate of drug-likeness (QED) is 0.373. The zero-order valence-corrected chi connectivity index (χ0v) is 10.1. The second kappa shape index (κ2) is 6.48. The molecule has 0 aromatic carbocycles. The van der Waals surface area contributed by atoms with Crippen LogP contribution in [0.2, 0.25) is 0 Å². The average Bonchev–Trinajstić information content (AvgIpc) is 2.15. The van der Waals surface area contributed by atoms with Crippen LogP contribution in [0, 0.1) is 5.92 Å². The fourth-order valence-electron chi connectivity index (χ4n) is 1.39. The molecule has 0 heterocycles. The Morgan fingerprint density at radius 3 is 2.06 bits per heavy atom. The second-order valence-electron chi connectivity index (χ2n) is 3.94. The van der Waals surface area contributed by atoms with Crippen molar-refractivity contribution in [2.45, 2.75) is 31.9 Å². The Labute approximate surface area is 95.1 Å². The molecular formula is C8H18NO6S-. The normalized spacial score (nSPS) is 16.8. The molecule has 8 heteroatoms. The zero-order chi connectivity index (χ0) is 12.9. The molecule has 0 aliphatic heterocycles. The highest BCUT2D eigenvalue weighted by atomic mass is 32.2. The van der Waals surface area contributed by atoms with E-state index in [1.807, 2.05) is 13.8 Å². The summed E-state index contributed by atoms with van der Waals surface area (Å²) in [6.07, 6.45) is 0.351. The van der Waals surface area contributed by atoms with Crippen LogP contribution in [0.25, 0.3) is 0 Å². The Morgan fingerprint density at radius 1 is 1.31 bits per heavy atom. The van der Waals surface area contributed by atoms with Gasteiger partial charge in [-0.05, 0) is 12.3 Å². The third-order valence-electron chi connectivity index (χ3n) is 2.13. The van der Waals surface area contributed by atoms with Crippen molar-refractivity contribution in [3.63, 3.8) is 0 Å². The Bertz CT molecular complexity index is 291. The lowest BCUT2D eigenvalue weighted by molar-refractivity contribution is -0.0514. The van der Waals surface area contributed by atoms with E-state index in [1.165, 1.54) is 0 Å². The molecule has 0 rings (SSSR count).